The summed E-state index contributed by atoms with van der Waals surface area (Å²) in [5.74, 6) is 0.584. The van der Waals surface area contributed by atoms with E-state index in [9.17, 15) is 4.79 Å². The predicted octanol–water partition coefficient (Wildman–Crippen LogP) is 3.79. The first-order valence-electron chi connectivity index (χ1n) is 7.39. The molecule has 0 saturated heterocycles. The molecule has 0 aromatic heterocycles. The Bertz CT molecular complexity index is 601. The average Bonchev–Trinajstić information content (AvgIpc) is 2.61. The van der Waals surface area contributed by atoms with Crippen LogP contribution in [0.15, 0.2) is 54.6 Å². The molecular formula is C18H20INO3. The number of carbonyl (C=O) groups is 1. The molecule has 2 aromatic carbocycles. The molecule has 122 valence electrons. The summed E-state index contributed by atoms with van der Waals surface area (Å²) in [6.45, 7) is 0.477. The topological polar surface area (TPSA) is 47.6 Å². The summed E-state index contributed by atoms with van der Waals surface area (Å²) in [5, 5.41) is 2.94. The molecular weight excluding hydrogens is 405 g/mol. The number of halogens is 1. The Kier molecular flexibility index (Phi) is 7.35. The van der Waals surface area contributed by atoms with Crippen molar-refractivity contribution >= 4 is 28.5 Å². The molecule has 0 fully saturated rings. The van der Waals surface area contributed by atoms with Crippen molar-refractivity contribution in [3.05, 3.63) is 65.7 Å². The molecule has 23 heavy (non-hydrogen) atoms. The van der Waals surface area contributed by atoms with Gasteiger partial charge in [-0.2, -0.15) is 0 Å². The minimum absolute atomic E-state index is 0.143. The van der Waals surface area contributed by atoms with Crippen LogP contribution in [-0.2, 0) is 11.3 Å². The minimum Gasteiger partial charge on any atom is -0.497 e. The molecule has 1 unspecified atom stereocenters. The van der Waals surface area contributed by atoms with Gasteiger partial charge in [0.2, 0.25) is 0 Å². The summed E-state index contributed by atoms with van der Waals surface area (Å²) in [7, 11) is 1.60. The Morgan fingerprint density at radius 3 is 2.43 bits per heavy atom. The first-order valence-corrected chi connectivity index (χ1v) is 8.92. The maximum Gasteiger partial charge on any atom is 0.253 e. The molecule has 1 amide bonds. The predicted molar refractivity (Wildman–Crippen MR) is 99.0 cm³/mol. The molecule has 0 saturated carbocycles. The molecule has 0 aliphatic rings. The summed E-state index contributed by atoms with van der Waals surface area (Å²) in [6.07, 6.45) is 0.455. The standard InChI is InChI=1S/C18H20INO3/c1-22-16-9-7-15(8-10-16)18(21)20-17(11-12-19)23-13-14-5-3-2-4-6-14/h2-10,17H,11-13H2,1H3,(H,20,21). The van der Waals surface area contributed by atoms with Crippen LogP contribution in [-0.4, -0.2) is 23.7 Å². The molecule has 1 N–H and O–H groups in total. The van der Waals surface area contributed by atoms with Gasteiger partial charge < -0.3 is 14.8 Å². The number of benzene rings is 2. The molecule has 0 radical (unpaired) electrons. The van der Waals surface area contributed by atoms with Gasteiger partial charge in [0.05, 0.1) is 13.7 Å². The van der Waals surface area contributed by atoms with Gasteiger partial charge in [0.25, 0.3) is 5.91 Å². The summed E-state index contributed by atoms with van der Waals surface area (Å²) in [4.78, 5) is 12.3. The molecule has 0 bridgehead atoms. The second kappa shape index (κ2) is 9.52. The van der Waals surface area contributed by atoms with Crippen LogP contribution in [0, 0.1) is 0 Å². The molecule has 2 aromatic rings. The quantitative estimate of drug-likeness (QED) is 0.398. The molecule has 0 spiro atoms. The van der Waals surface area contributed by atoms with Crippen LogP contribution in [0.2, 0.25) is 0 Å². The summed E-state index contributed by atoms with van der Waals surface area (Å²) in [5.41, 5.74) is 1.68. The van der Waals surface area contributed by atoms with Crippen molar-refractivity contribution in [3.63, 3.8) is 0 Å². The van der Waals surface area contributed by atoms with E-state index in [1.165, 1.54) is 0 Å². The molecule has 2 rings (SSSR count). The van der Waals surface area contributed by atoms with Crippen molar-refractivity contribution in [1.29, 1.82) is 0 Å². The maximum atomic E-state index is 12.3. The van der Waals surface area contributed by atoms with E-state index in [1.807, 2.05) is 30.3 Å². The van der Waals surface area contributed by atoms with Gasteiger partial charge in [0, 0.05) is 16.4 Å². The lowest BCUT2D eigenvalue weighted by Gasteiger charge is -2.19. The molecule has 5 heteroatoms. The Morgan fingerprint density at radius 2 is 1.83 bits per heavy atom. The van der Waals surface area contributed by atoms with E-state index in [0.29, 0.717) is 12.2 Å². The highest BCUT2D eigenvalue weighted by Crippen LogP contribution is 2.12. The lowest BCUT2D eigenvalue weighted by Crippen LogP contribution is -2.37. The fourth-order valence-corrected chi connectivity index (χ4v) is 2.60. The van der Waals surface area contributed by atoms with Gasteiger partial charge >= 0.3 is 0 Å². The highest BCUT2D eigenvalue weighted by atomic mass is 127. The lowest BCUT2D eigenvalue weighted by atomic mass is 10.2. The second-order valence-corrected chi connectivity index (χ2v) is 6.04. The van der Waals surface area contributed by atoms with E-state index in [2.05, 4.69) is 27.9 Å². The van der Waals surface area contributed by atoms with Crippen LogP contribution in [0.4, 0.5) is 0 Å². The molecule has 1 atom stereocenters. The van der Waals surface area contributed by atoms with Gasteiger partial charge in [-0.3, -0.25) is 4.79 Å². The number of amides is 1. The fraction of sp³-hybridized carbons (Fsp3) is 0.278. The van der Waals surface area contributed by atoms with E-state index in [1.54, 1.807) is 31.4 Å². The van der Waals surface area contributed by atoms with Crippen molar-refractivity contribution in [2.24, 2.45) is 0 Å². The number of ether oxygens (including phenoxy) is 2. The zero-order valence-corrected chi connectivity index (χ0v) is 15.2. The highest BCUT2D eigenvalue weighted by Gasteiger charge is 2.14. The fourth-order valence-electron chi connectivity index (χ4n) is 2.04. The SMILES string of the molecule is COc1ccc(C(=O)NC(CCI)OCc2ccccc2)cc1. The Morgan fingerprint density at radius 1 is 1.13 bits per heavy atom. The summed E-state index contributed by atoms with van der Waals surface area (Å²) in [6, 6.07) is 17.0. The largest absolute Gasteiger partial charge is 0.497 e. The van der Waals surface area contributed by atoms with Gasteiger partial charge in [-0.1, -0.05) is 52.9 Å². The number of rotatable bonds is 8. The van der Waals surface area contributed by atoms with Gasteiger partial charge in [-0.25, -0.2) is 0 Å². The monoisotopic (exact) mass is 425 g/mol. The second-order valence-electron chi connectivity index (χ2n) is 4.96. The van der Waals surface area contributed by atoms with Crippen LogP contribution in [0.5, 0.6) is 5.75 Å². The maximum absolute atomic E-state index is 12.3. The summed E-state index contributed by atoms with van der Waals surface area (Å²) < 4.78 is 11.8. The van der Waals surface area contributed by atoms with Crippen molar-refractivity contribution in [2.75, 3.05) is 11.5 Å². The molecule has 0 aliphatic heterocycles. The van der Waals surface area contributed by atoms with E-state index in [0.717, 1.165) is 22.2 Å². The number of nitrogens with one attached hydrogen (secondary N) is 1. The number of carbonyl (C=O) groups excluding carboxylic acids is 1. The van der Waals surface area contributed by atoms with E-state index < -0.39 is 0 Å². The van der Waals surface area contributed by atoms with Crippen molar-refractivity contribution in [1.82, 2.24) is 5.32 Å². The number of hydrogen-bond donors (Lipinski definition) is 1. The van der Waals surface area contributed by atoms with Crippen LogP contribution >= 0.6 is 22.6 Å². The third-order valence-electron chi connectivity index (χ3n) is 3.31. The zero-order chi connectivity index (χ0) is 16.5. The number of methoxy groups -OCH3 is 1. The average molecular weight is 425 g/mol. The van der Waals surface area contributed by atoms with Crippen LogP contribution in [0.1, 0.15) is 22.3 Å². The first kappa shape index (κ1) is 17.7. The Labute approximate surface area is 150 Å². The van der Waals surface area contributed by atoms with E-state index in [-0.39, 0.29) is 12.1 Å². The van der Waals surface area contributed by atoms with Gasteiger partial charge in [-0.15, -0.1) is 0 Å². The van der Waals surface area contributed by atoms with Gasteiger partial charge in [0.15, 0.2) is 0 Å². The number of hydrogen-bond acceptors (Lipinski definition) is 3. The minimum atomic E-state index is -0.304. The molecule has 0 heterocycles. The lowest BCUT2D eigenvalue weighted by molar-refractivity contribution is 0.0167. The highest BCUT2D eigenvalue weighted by molar-refractivity contribution is 14.1. The van der Waals surface area contributed by atoms with Crippen LogP contribution in [0.3, 0.4) is 0 Å². The van der Waals surface area contributed by atoms with Crippen LogP contribution in [0.25, 0.3) is 0 Å². The molecule has 0 aliphatic carbocycles. The third kappa shape index (κ3) is 5.84. The first-order chi connectivity index (χ1) is 11.2. The van der Waals surface area contributed by atoms with Gasteiger partial charge in [0.1, 0.15) is 12.0 Å². The smallest absolute Gasteiger partial charge is 0.253 e. The third-order valence-corrected chi connectivity index (χ3v) is 3.93. The zero-order valence-electron chi connectivity index (χ0n) is 13.0. The van der Waals surface area contributed by atoms with E-state index >= 15 is 0 Å². The summed E-state index contributed by atoms with van der Waals surface area (Å²) >= 11 is 2.28. The number of alkyl halides is 1. The normalized spacial score (nSPS) is 11.7. The Hall–Kier alpha value is -1.60. The van der Waals surface area contributed by atoms with Crippen molar-refractivity contribution < 1.29 is 14.3 Å². The van der Waals surface area contributed by atoms with Crippen molar-refractivity contribution in [2.45, 2.75) is 19.3 Å². The Balaban J connectivity index is 1.93. The van der Waals surface area contributed by atoms with E-state index in [4.69, 9.17) is 9.47 Å². The molecule has 4 nitrogen and oxygen atoms in total. The van der Waals surface area contributed by atoms with Crippen molar-refractivity contribution in [3.8, 4) is 5.75 Å². The van der Waals surface area contributed by atoms with Crippen LogP contribution < -0.4 is 10.1 Å². The van der Waals surface area contributed by atoms with Gasteiger partial charge in [-0.05, 0) is 29.8 Å².